The highest BCUT2D eigenvalue weighted by atomic mass is 32.2. The molecule has 0 radical (unpaired) electrons. The first-order valence-electron chi connectivity index (χ1n) is 6.77. The van der Waals surface area contributed by atoms with Gasteiger partial charge >= 0.3 is 0 Å². The Morgan fingerprint density at radius 1 is 1.50 bits per heavy atom. The second kappa shape index (κ2) is 6.58. The molecule has 0 spiro atoms. The Bertz CT molecular complexity index is 388. The van der Waals surface area contributed by atoms with E-state index in [4.69, 9.17) is 0 Å². The van der Waals surface area contributed by atoms with Crippen molar-refractivity contribution in [3.63, 3.8) is 0 Å². The molecule has 0 amide bonds. The van der Waals surface area contributed by atoms with Crippen LogP contribution in [0.2, 0.25) is 0 Å². The van der Waals surface area contributed by atoms with Gasteiger partial charge in [-0.3, -0.25) is 0 Å². The zero-order valence-corrected chi connectivity index (χ0v) is 12.0. The molecule has 0 aromatic heterocycles. The summed E-state index contributed by atoms with van der Waals surface area (Å²) in [6.07, 6.45) is 2.24. The Labute approximate surface area is 114 Å². The van der Waals surface area contributed by atoms with Gasteiger partial charge in [0.15, 0.2) is 0 Å². The van der Waals surface area contributed by atoms with Crippen molar-refractivity contribution in [1.82, 2.24) is 5.32 Å². The van der Waals surface area contributed by atoms with Crippen LogP contribution in [0.1, 0.15) is 24.5 Å². The number of rotatable bonds is 5. The maximum absolute atomic E-state index is 13.3. The molecule has 0 aliphatic carbocycles. The van der Waals surface area contributed by atoms with Gasteiger partial charge in [0.25, 0.3) is 0 Å². The van der Waals surface area contributed by atoms with Gasteiger partial charge in [0, 0.05) is 6.04 Å². The molecule has 1 aromatic rings. The maximum Gasteiger partial charge on any atom is 0.123 e. The molecule has 2 atom stereocenters. The molecule has 1 saturated heterocycles. The van der Waals surface area contributed by atoms with Gasteiger partial charge in [0.2, 0.25) is 0 Å². The normalized spacial score (nSPS) is 21.2. The van der Waals surface area contributed by atoms with Gasteiger partial charge in [-0.25, -0.2) is 4.39 Å². The van der Waals surface area contributed by atoms with Crippen molar-refractivity contribution in [2.75, 3.05) is 18.1 Å². The van der Waals surface area contributed by atoms with Crippen LogP contribution in [0.25, 0.3) is 0 Å². The summed E-state index contributed by atoms with van der Waals surface area (Å²) in [5.41, 5.74) is 2.35. The summed E-state index contributed by atoms with van der Waals surface area (Å²) in [4.78, 5) is 0. The summed E-state index contributed by atoms with van der Waals surface area (Å²) in [5, 5.41) is 3.58. The predicted octanol–water partition coefficient (Wildman–Crippen LogP) is 3.41. The quantitative estimate of drug-likeness (QED) is 0.877. The maximum atomic E-state index is 13.3. The fraction of sp³-hybridized carbons (Fsp3) is 0.600. The molecule has 2 unspecified atom stereocenters. The summed E-state index contributed by atoms with van der Waals surface area (Å²) in [5.74, 6) is 3.13. The van der Waals surface area contributed by atoms with E-state index in [1.807, 2.05) is 17.8 Å². The molecular weight excluding hydrogens is 245 g/mol. The van der Waals surface area contributed by atoms with E-state index in [9.17, 15) is 4.39 Å². The zero-order chi connectivity index (χ0) is 13.0. The van der Waals surface area contributed by atoms with Crippen molar-refractivity contribution in [3.05, 3.63) is 35.1 Å². The van der Waals surface area contributed by atoms with Crippen molar-refractivity contribution < 1.29 is 4.39 Å². The minimum absolute atomic E-state index is 0.119. The number of aryl methyl sites for hydroxylation is 1. The van der Waals surface area contributed by atoms with Gasteiger partial charge in [-0.05, 0) is 67.0 Å². The summed E-state index contributed by atoms with van der Waals surface area (Å²) in [6, 6.07) is 5.62. The molecule has 100 valence electrons. The highest BCUT2D eigenvalue weighted by molar-refractivity contribution is 7.99. The number of hydrogen-bond donors (Lipinski definition) is 1. The average Bonchev–Trinajstić information content (AvgIpc) is 2.87. The molecule has 0 bridgehead atoms. The fourth-order valence-electron chi connectivity index (χ4n) is 2.63. The minimum Gasteiger partial charge on any atom is -0.314 e. The Hall–Kier alpha value is -0.540. The smallest absolute Gasteiger partial charge is 0.123 e. The third kappa shape index (κ3) is 3.48. The lowest BCUT2D eigenvalue weighted by molar-refractivity contribution is 0.386. The number of nitrogens with one attached hydrogen (secondary N) is 1. The van der Waals surface area contributed by atoms with E-state index < -0.39 is 0 Å². The van der Waals surface area contributed by atoms with Crippen molar-refractivity contribution in [3.8, 4) is 0 Å². The third-order valence-electron chi connectivity index (χ3n) is 3.75. The van der Waals surface area contributed by atoms with Crippen LogP contribution >= 0.6 is 11.8 Å². The molecule has 2 rings (SSSR count). The van der Waals surface area contributed by atoms with Gasteiger partial charge < -0.3 is 5.32 Å². The number of likely N-dealkylation sites (N-methyl/N-ethyl adjacent to an activating group) is 1. The van der Waals surface area contributed by atoms with Crippen LogP contribution in [0.15, 0.2) is 18.2 Å². The van der Waals surface area contributed by atoms with Gasteiger partial charge in [0.05, 0.1) is 0 Å². The van der Waals surface area contributed by atoms with E-state index >= 15 is 0 Å². The lowest BCUT2D eigenvalue weighted by atomic mass is 9.91. The summed E-state index contributed by atoms with van der Waals surface area (Å²) in [6.45, 7) is 5.20. The summed E-state index contributed by atoms with van der Waals surface area (Å²) >= 11 is 2.04. The molecule has 1 aliphatic rings. The molecule has 1 aromatic carbocycles. The second-order valence-corrected chi connectivity index (χ2v) is 6.21. The van der Waals surface area contributed by atoms with E-state index in [1.54, 1.807) is 12.1 Å². The van der Waals surface area contributed by atoms with E-state index in [-0.39, 0.29) is 5.82 Å². The highest BCUT2D eigenvalue weighted by Gasteiger charge is 2.25. The molecular formula is C15H22FNS. The molecule has 1 fully saturated rings. The SMILES string of the molecule is CCNC(Cc1cc(F)ccc1C)C1CCSC1. The van der Waals surface area contributed by atoms with E-state index in [0.29, 0.717) is 6.04 Å². The van der Waals surface area contributed by atoms with Crippen LogP contribution in [0.4, 0.5) is 4.39 Å². The van der Waals surface area contributed by atoms with Gasteiger partial charge in [-0.1, -0.05) is 13.0 Å². The number of hydrogen-bond acceptors (Lipinski definition) is 2. The van der Waals surface area contributed by atoms with E-state index in [2.05, 4.69) is 19.2 Å². The lowest BCUT2D eigenvalue weighted by Gasteiger charge is -2.24. The van der Waals surface area contributed by atoms with Crippen LogP contribution in [0.5, 0.6) is 0 Å². The minimum atomic E-state index is -0.119. The lowest BCUT2D eigenvalue weighted by Crippen LogP contribution is -2.38. The zero-order valence-electron chi connectivity index (χ0n) is 11.2. The van der Waals surface area contributed by atoms with Crippen molar-refractivity contribution in [1.29, 1.82) is 0 Å². The molecule has 1 aliphatic heterocycles. The highest BCUT2D eigenvalue weighted by Crippen LogP contribution is 2.28. The van der Waals surface area contributed by atoms with Gasteiger partial charge in [0.1, 0.15) is 5.82 Å². The van der Waals surface area contributed by atoms with E-state index in [1.165, 1.54) is 23.5 Å². The van der Waals surface area contributed by atoms with Gasteiger partial charge in [-0.15, -0.1) is 0 Å². The number of benzene rings is 1. The van der Waals surface area contributed by atoms with Crippen LogP contribution in [-0.2, 0) is 6.42 Å². The fourth-order valence-corrected chi connectivity index (χ4v) is 3.97. The van der Waals surface area contributed by atoms with E-state index in [0.717, 1.165) is 24.4 Å². The molecule has 1 heterocycles. The third-order valence-corrected chi connectivity index (χ3v) is 4.94. The molecule has 18 heavy (non-hydrogen) atoms. The molecule has 3 heteroatoms. The second-order valence-electron chi connectivity index (χ2n) is 5.06. The number of halogens is 1. The summed E-state index contributed by atoms with van der Waals surface area (Å²) in [7, 11) is 0. The monoisotopic (exact) mass is 267 g/mol. The standard InChI is InChI=1S/C15H22FNS/c1-3-17-15(12-6-7-18-10-12)9-13-8-14(16)5-4-11(13)2/h4-5,8,12,15,17H,3,6-7,9-10H2,1-2H3. The van der Waals surface area contributed by atoms with Gasteiger partial charge in [-0.2, -0.15) is 11.8 Å². The Kier molecular flexibility index (Phi) is 5.07. The topological polar surface area (TPSA) is 12.0 Å². The Morgan fingerprint density at radius 2 is 2.33 bits per heavy atom. The van der Waals surface area contributed by atoms with Crippen molar-refractivity contribution in [2.45, 2.75) is 32.7 Å². The average molecular weight is 267 g/mol. The first kappa shape index (κ1) is 13.9. The Morgan fingerprint density at radius 3 is 3.00 bits per heavy atom. The van der Waals surface area contributed by atoms with Crippen LogP contribution in [0, 0.1) is 18.7 Å². The largest absolute Gasteiger partial charge is 0.314 e. The predicted molar refractivity (Wildman–Crippen MR) is 77.7 cm³/mol. The van der Waals surface area contributed by atoms with Crippen molar-refractivity contribution >= 4 is 11.8 Å². The van der Waals surface area contributed by atoms with Crippen LogP contribution < -0.4 is 5.32 Å². The first-order chi connectivity index (χ1) is 8.70. The molecule has 1 nitrogen and oxygen atoms in total. The molecule has 1 N–H and O–H groups in total. The van der Waals surface area contributed by atoms with Crippen LogP contribution in [0.3, 0.4) is 0 Å². The van der Waals surface area contributed by atoms with Crippen molar-refractivity contribution in [2.24, 2.45) is 5.92 Å². The van der Waals surface area contributed by atoms with Crippen LogP contribution in [-0.4, -0.2) is 24.1 Å². The number of thioether (sulfide) groups is 1. The summed E-state index contributed by atoms with van der Waals surface area (Å²) < 4.78 is 13.3. The Balaban J connectivity index is 2.09. The first-order valence-corrected chi connectivity index (χ1v) is 7.92. The molecule has 0 saturated carbocycles.